The van der Waals surface area contributed by atoms with Crippen LogP contribution in [0.15, 0.2) is 74.8 Å². The Labute approximate surface area is 199 Å². The van der Waals surface area contributed by atoms with Crippen molar-refractivity contribution in [1.82, 2.24) is 14.1 Å². The summed E-state index contributed by atoms with van der Waals surface area (Å²) in [6.45, 7) is 4.66. The van der Waals surface area contributed by atoms with Gasteiger partial charge in [0.05, 0.1) is 43.7 Å². The summed E-state index contributed by atoms with van der Waals surface area (Å²) in [6, 6.07) is 13.8. The summed E-state index contributed by atoms with van der Waals surface area (Å²) in [5.74, 6) is 2.08. The summed E-state index contributed by atoms with van der Waals surface area (Å²) < 4.78 is 43.7. The van der Waals surface area contributed by atoms with Crippen LogP contribution in [0.5, 0.6) is 5.75 Å². The van der Waals surface area contributed by atoms with Gasteiger partial charge in [-0.1, -0.05) is 0 Å². The van der Waals surface area contributed by atoms with Gasteiger partial charge in [0.25, 0.3) is 0 Å². The smallest absolute Gasteiger partial charge is 0.243 e. The highest BCUT2D eigenvalue weighted by Crippen LogP contribution is 2.21. The lowest BCUT2D eigenvalue weighted by Gasteiger charge is -2.35. The van der Waals surface area contributed by atoms with Gasteiger partial charge in [-0.2, -0.15) is 4.31 Å². The molecule has 4 rings (SSSR count). The fourth-order valence-electron chi connectivity index (χ4n) is 3.91. The topological polar surface area (TPSA) is 96.4 Å². The number of amides is 1. The van der Waals surface area contributed by atoms with E-state index in [1.54, 1.807) is 41.7 Å². The molecule has 0 radical (unpaired) electrons. The number of carbonyl (C=O) groups is 1. The monoisotopic (exact) mass is 487 g/mol. The van der Waals surface area contributed by atoms with E-state index in [1.807, 2.05) is 36.1 Å². The summed E-state index contributed by atoms with van der Waals surface area (Å²) in [5.41, 5.74) is 0. The number of furan rings is 2. The molecule has 1 aliphatic rings. The molecule has 1 saturated heterocycles. The van der Waals surface area contributed by atoms with Crippen molar-refractivity contribution in [2.75, 3.05) is 39.3 Å². The lowest BCUT2D eigenvalue weighted by atomic mass is 10.3. The number of ether oxygens (including phenoxy) is 1. The van der Waals surface area contributed by atoms with Gasteiger partial charge in [0.15, 0.2) is 0 Å². The van der Waals surface area contributed by atoms with E-state index in [9.17, 15) is 13.2 Å². The van der Waals surface area contributed by atoms with Gasteiger partial charge >= 0.3 is 0 Å². The molecule has 34 heavy (non-hydrogen) atoms. The van der Waals surface area contributed by atoms with Gasteiger partial charge in [0.1, 0.15) is 17.3 Å². The molecule has 0 spiro atoms. The lowest BCUT2D eigenvalue weighted by molar-refractivity contribution is -0.134. The first-order chi connectivity index (χ1) is 16.5. The maximum absolute atomic E-state index is 13.0. The van der Waals surface area contributed by atoms with Crippen LogP contribution in [0.3, 0.4) is 0 Å². The Kier molecular flexibility index (Phi) is 7.71. The van der Waals surface area contributed by atoms with E-state index in [2.05, 4.69) is 0 Å². The minimum Gasteiger partial charge on any atom is -0.494 e. The minimum absolute atomic E-state index is 0.0590. The van der Waals surface area contributed by atoms with Crippen molar-refractivity contribution in [3.05, 3.63) is 72.6 Å². The number of piperazine rings is 1. The van der Waals surface area contributed by atoms with Crippen molar-refractivity contribution in [2.45, 2.75) is 24.9 Å². The van der Waals surface area contributed by atoms with Crippen LogP contribution in [-0.4, -0.2) is 67.8 Å². The molecule has 0 saturated carbocycles. The predicted octanol–water partition coefficient (Wildman–Crippen LogP) is 2.81. The molecule has 0 atom stereocenters. The summed E-state index contributed by atoms with van der Waals surface area (Å²) in [7, 11) is -3.63. The van der Waals surface area contributed by atoms with Crippen LogP contribution < -0.4 is 4.74 Å². The Hall–Kier alpha value is -3.08. The molecule has 0 unspecified atom stereocenters. The van der Waals surface area contributed by atoms with E-state index >= 15 is 0 Å². The van der Waals surface area contributed by atoms with Gasteiger partial charge in [0.2, 0.25) is 15.9 Å². The fraction of sp³-hybridized carbons (Fsp3) is 0.375. The molecule has 1 amide bonds. The molecule has 3 aromatic rings. The summed E-state index contributed by atoms with van der Waals surface area (Å²) in [5, 5.41) is 0. The average Bonchev–Trinajstić information content (AvgIpc) is 3.54. The maximum atomic E-state index is 13.0. The van der Waals surface area contributed by atoms with Crippen molar-refractivity contribution in [2.24, 2.45) is 0 Å². The number of hydrogen-bond donors (Lipinski definition) is 0. The first-order valence-electron chi connectivity index (χ1n) is 11.2. The van der Waals surface area contributed by atoms with Gasteiger partial charge in [-0.15, -0.1) is 0 Å². The second kappa shape index (κ2) is 10.9. The highest BCUT2D eigenvalue weighted by molar-refractivity contribution is 7.89. The van der Waals surface area contributed by atoms with Gasteiger partial charge in [-0.25, -0.2) is 8.42 Å². The Morgan fingerprint density at radius 1 is 0.941 bits per heavy atom. The van der Waals surface area contributed by atoms with Crippen LogP contribution in [0, 0.1) is 0 Å². The molecule has 1 fully saturated rings. The number of nitrogens with zero attached hydrogens (tertiary/aromatic N) is 3. The molecule has 2 aromatic heterocycles. The van der Waals surface area contributed by atoms with Crippen LogP contribution >= 0.6 is 0 Å². The Balaban J connectivity index is 1.35. The van der Waals surface area contributed by atoms with Crippen molar-refractivity contribution in [3.63, 3.8) is 0 Å². The van der Waals surface area contributed by atoms with E-state index in [4.69, 9.17) is 13.6 Å². The first-order valence-corrected chi connectivity index (χ1v) is 12.7. The molecule has 0 aliphatic carbocycles. The zero-order valence-electron chi connectivity index (χ0n) is 19.1. The predicted molar refractivity (Wildman–Crippen MR) is 124 cm³/mol. The zero-order chi connectivity index (χ0) is 24.0. The lowest BCUT2D eigenvalue weighted by Crippen LogP contribution is -2.52. The standard InChI is InChI=1S/C24H29N3O6S/c1-2-31-20-7-9-23(10-8-20)34(29,30)27-13-11-26(12-14-27)24(28)19-25(17-21-5-3-15-32-21)18-22-6-4-16-33-22/h3-10,15-16H,2,11-14,17-19H2,1H3. The van der Waals surface area contributed by atoms with Crippen molar-refractivity contribution in [1.29, 1.82) is 0 Å². The molecule has 9 nitrogen and oxygen atoms in total. The third kappa shape index (κ3) is 5.88. The third-order valence-corrected chi connectivity index (χ3v) is 7.55. The van der Waals surface area contributed by atoms with E-state index in [1.165, 1.54) is 4.31 Å². The molecule has 1 aliphatic heterocycles. The number of sulfonamides is 1. The van der Waals surface area contributed by atoms with Gasteiger partial charge in [0, 0.05) is 26.2 Å². The number of benzene rings is 1. The highest BCUT2D eigenvalue weighted by Gasteiger charge is 2.30. The number of rotatable bonds is 10. The van der Waals surface area contributed by atoms with Crippen LogP contribution in [0.1, 0.15) is 18.4 Å². The molecular formula is C24H29N3O6S. The number of carbonyl (C=O) groups excluding carboxylic acids is 1. The highest BCUT2D eigenvalue weighted by atomic mass is 32.2. The van der Waals surface area contributed by atoms with Gasteiger partial charge < -0.3 is 18.5 Å². The second-order valence-electron chi connectivity index (χ2n) is 7.99. The van der Waals surface area contributed by atoms with E-state index < -0.39 is 10.0 Å². The third-order valence-electron chi connectivity index (χ3n) is 5.64. The Morgan fingerprint density at radius 2 is 1.53 bits per heavy atom. The van der Waals surface area contributed by atoms with Crippen LogP contribution in [0.2, 0.25) is 0 Å². The molecule has 182 valence electrons. The van der Waals surface area contributed by atoms with Crippen molar-refractivity contribution >= 4 is 15.9 Å². The SMILES string of the molecule is CCOc1ccc(S(=O)(=O)N2CCN(C(=O)CN(Cc3ccco3)Cc3ccco3)CC2)cc1. The maximum Gasteiger partial charge on any atom is 0.243 e. The molecule has 10 heteroatoms. The van der Waals surface area contributed by atoms with Crippen LogP contribution in [0.25, 0.3) is 0 Å². The summed E-state index contributed by atoms with van der Waals surface area (Å²) >= 11 is 0. The van der Waals surface area contributed by atoms with E-state index in [-0.39, 0.29) is 30.4 Å². The molecule has 0 N–H and O–H groups in total. The first kappa shape index (κ1) is 24.1. The summed E-state index contributed by atoms with van der Waals surface area (Å²) in [4.78, 5) is 16.9. The molecule has 3 heterocycles. The Bertz CT molecular complexity index is 1100. The van der Waals surface area contributed by atoms with E-state index in [0.29, 0.717) is 38.5 Å². The largest absolute Gasteiger partial charge is 0.494 e. The fourth-order valence-corrected chi connectivity index (χ4v) is 5.33. The second-order valence-corrected chi connectivity index (χ2v) is 9.93. The van der Waals surface area contributed by atoms with Crippen LogP contribution in [0.4, 0.5) is 0 Å². The Morgan fingerprint density at radius 3 is 2.03 bits per heavy atom. The number of hydrogen-bond acceptors (Lipinski definition) is 7. The average molecular weight is 488 g/mol. The van der Waals surface area contributed by atoms with Crippen molar-refractivity contribution < 1.29 is 26.8 Å². The normalized spacial score (nSPS) is 15.1. The van der Waals surface area contributed by atoms with Crippen LogP contribution in [-0.2, 0) is 27.9 Å². The zero-order valence-corrected chi connectivity index (χ0v) is 19.9. The molecule has 1 aromatic carbocycles. The summed E-state index contributed by atoms with van der Waals surface area (Å²) in [6.07, 6.45) is 3.21. The van der Waals surface area contributed by atoms with Crippen molar-refractivity contribution in [3.8, 4) is 5.75 Å². The van der Waals surface area contributed by atoms with Gasteiger partial charge in [-0.3, -0.25) is 9.69 Å². The molecular weight excluding hydrogens is 458 g/mol. The minimum atomic E-state index is -3.63. The van der Waals surface area contributed by atoms with Gasteiger partial charge in [-0.05, 0) is 55.5 Å². The van der Waals surface area contributed by atoms with E-state index in [0.717, 1.165) is 11.5 Å². The quantitative estimate of drug-likeness (QED) is 0.434. The molecule has 0 bridgehead atoms.